The van der Waals surface area contributed by atoms with E-state index in [9.17, 15) is 9.59 Å². The van der Waals surface area contributed by atoms with E-state index in [1.54, 1.807) is 14.0 Å². The Morgan fingerprint density at radius 1 is 1.24 bits per heavy atom. The zero-order valence-corrected chi connectivity index (χ0v) is 15.7. The van der Waals surface area contributed by atoms with Gasteiger partial charge in [0.1, 0.15) is 5.75 Å². The summed E-state index contributed by atoms with van der Waals surface area (Å²) in [5.41, 5.74) is 0.899. The Balaban J connectivity index is 2.41. The molecule has 0 fully saturated rings. The summed E-state index contributed by atoms with van der Waals surface area (Å²) in [5.74, 6) is 0.324. The fraction of sp³-hybridized carbons (Fsp3) is 0.500. The second-order valence-electron chi connectivity index (χ2n) is 5.53. The number of hydrogen-bond donors (Lipinski definition) is 0. The molecule has 1 heterocycles. The van der Waals surface area contributed by atoms with E-state index >= 15 is 0 Å². The summed E-state index contributed by atoms with van der Waals surface area (Å²) < 4.78 is 13.2. The third kappa shape index (κ3) is 5.16. The molecule has 0 unspecified atom stereocenters. The highest BCUT2D eigenvalue weighted by Gasteiger charge is 2.11. The van der Waals surface area contributed by atoms with E-state index in [0.29, 0.717) is 24.4 Å². The van der Waals surface area contributed by atoms with Gasteiger partial charge in [-0.15, -0.1) is 0 Å². The third-order valence-corrected chi connectivity index (χ3v) is 4.76. The van der Waals surface area contributed by atoms with Gasteiger partial charge in [-0.1, -0.05) is 24.7 Å². The molecule has 0 N–H and O–H groups in total. The quantitative estimate of drug-likeness (QED) is 0.674. The van der Waals surface area contributed by atoms with E-state index in [0.717, 1.165) is 28.8 Å². The van der Waals surface area contributed by atoms with Crippen LogP contribution in [-0.4, -0.2) is 30.2 Å². The minimum atomic E-state index is -0.263. The number of amides is 1. The molecule has 7 heteroatoms. The molecular weight excluding hydrogens is 340 g/mol. The number of aromatic nitrogens is 1. The van der Waals surface area contributed by atoms with Gasteiger partial charge in [0, 0.05) is 19.0 Å². The van der Waals surface area contributed by atoms with Gasteiger partial charge in [0.15, 0.2) is 4.80 Å². The van der Waals surface area contributed by atoms with Crippen molar-refractivity contribution in [2.24, 2.45) is 4.99 Å². The second kappa shape index (κ2) is 9.36. The van der Waals surface area contributed by atoms with Crippen LogP contribution in [0.25, 0.3) is 10.2 Å². The molecule has 0 aliphatic rings. The summed E-state index contributed by atoms with van der Waals surface area (Å²) in [6.07, 6.45) is 2.44. The predicted octanol–water partition coefficient (Wildman–Crippen LogP) is 3.28. The van der Waals surface area contributed by atoms with Crippen molar-refractivity contribution in [1.29, 1.82) is 0 Å². The Morgan fingerprint density at radius 2 is 2.04 bits per heavy atom. The van der Waals surface area contributed by atoms with Crippen molar-refractivity contribution in [3.8, 4) is 5.75 Å². The van der Waals surface area contributed by atoms with Crippen LogP contribution in [0.4, 0.5) is 0 Å². The molecule has 1 aromatic carbocycles. The van der Waals surface area contributed by atoms with Crippen molar-refractivity contribution in [2.75, 3.05) is 13.7 Å². The molecule has 0 aliphatic carbocycles. The summed E-state index contributed by atoms with van der Waals surface area (Å²) in [6.45, 7) is 4.59. The zero-order chi connectivity index (χ0) is 18.2. The molecule has 0 saturated carbocycles. The van der Waals surface area contributed by atoms with Crippen molar-refractivity contribution in [3.05, 3.63) is 23.0 Å². The number of rotatable bonds is 8. The predicted molar refractivity (Wildman–Crippen MR) is 97.7 cm³/mol. The van der Waals surface area contributed by atoms with Gasteiger partial charge in [-0.25, -0.2) is 0 Å². The van der Waals surface area contributed by atoms with Crippen LogP contribution < -0.4 is 9.54 Å². The SMILES string of the molecule is CCCCC(=O)N=c1sc2ccc(OC)cc2n1CCC(=O)OCC. The largest absolute Gasteiger partial charge is 0.497 e. The monoisotopic (exact) mass is 364 g/mol. The first-order chi connectivity index (χ1) is 12.1. The van der Waals surface area contributed by atoms with Crippen LogP contribution in [0.15, 0.2) is 23.2 Å². The number of unbranched alkanes of at least 4 members (excludes halogenated alkanes) is 1. The number of hydrogen-bond acceptors (Lipinski definition) is 5. The lowest BCUT2D eigenvalue weighted by molar-refractivity contribution is -0.143. The van der Waals surface area contributed by atoms with E-state index in [1.807, 2.05) is 29.7 Å². The maximum Gasteiger partial charge on any atom is 0.307 e. The van der Waals surface area contributed by atoms with Crippen LogP contribution in [0.5, 0.6) is 5.75 Å². The molecule has 1 aromatic heterocycles. The van der Waals surface area contributed by atoms with E-state index in [-0.39, 0.29) is 18.3 Å². The standard InChI is InChI=1S/C18H24N2O4S/c1-4-6-7-16(21)19-18-20(11-10-17(22)24-5-2)14-12-13(23-3)8-9-15(14)25-18/h8-9,12H,4-7,10-11H2,1-3H3. The first-order valence-corrected chi connectivity index (χ1v) is 9.31. The smallest absolute Gasteiger partial charge is 0.307 e. The molecule has 0 bridgehead atoms. The minimum absolute atomic E-state index is 0.134. The molecular formula is C18H24N2O4S. The topological polar surface area (TPSA) is 69.9 Å². The number of esters is 1. The fourth-order valence-corrected chi connectivity index (χ4v) is 3.46. The number of nitrogens with zero attached hydrogens (tertiary/aromatic N) is 2. The molecule has 0 spiro atoms. The molecule has 2 rings (SSSR count). The Bertz CT molecular complexity index is 807. The molecule has 1 amide bonds. The van der Waals surface area contributed by atoms with Gasteiger partial charge in [0.05, 0.1) is 30.4 Å². The number of carbonyl (C=O) groups is 2. The third-order valence-electron chi connectivity index (χ3n) is 3.70. The highest BCUT2D eigenvalue weighted by Crippen LogP contribution is 2.23. The van der Waals surface area contributed by atoms with Crippen LogP contribution in [-0.2, 0) is 20.9 Å². The summed E-state index contributed by atoms with van der Waals surface area (Å²) >= 11 is 1.44. The van der Waals surface area contributed by atoms with Crippen LogP contribution in [0, 0.1) is 0 Å². The van der Waals surface area contributed by atoms with Gasteiger partial charge in [-0.3, -0.25) is 9.59 Å². The number of thiazole rings is 1. The average molecular weight is 364 g/mol. The molecule has 2 aromatic rings. The lowest BCUT2D eigenvalue weighted by Gasteiger charge is -2.06. The molecule has 0 radical (unpaired) electrons. The molecule has 0 aliphatic heterocycles. The fourth-order valence-electron chi connectivity index (χ4n) is 2.40. The molecule has 6 nitrogen and oxygen atoms in total. The summed E-state index contributed by atoms with van der Waals surface area (Å²) in [5, 5.41) is 0. The van der Waals surface area contributed by atoms with Crippen molar-refractivity contribution in [3.63, 3.8) is 0 Å². The average Bonchev–Trinajstić information content (AvgIpc) is 2.94. The first kappa shape index (κ1) is 19.2. The lowest BCUT2D eigenvalue weighted by Crippen LogP contribution is -2.19. The van der Waals surface area contributed by atoms with Gasteiger partial charge in [0.25, 0.3) is 0 Å². The molecule has 136 valence electrons. The number of benzene rings is 1. The Kier molecular flexibility index (Phi) is 7.18. The first-order valence-electron chi connectivity index (χ1n) is 8.49. The van der Waals surface area contributed by atoms with Gasteiger partial charge in [0.2, 0.25) is 5.91 Å². The number of aryl methyl sites for hydroxylation is 1. The van der Waals surface area contributed by atoms with E-state index in [4.69, 9.17) is 9.47 Å². The van der Waals surface area contributed by atoms with Crippen LogP contribution in [0.3, 0.4) is 0 Å². The van der Waals surface area contributed by atoms with Crippen molar-refractivity contribution < 1.29 is 19.1 Å². The molecule has 0 saturated heterocycles. The molecule has 25 heavy (non-hydrogen) atoms. The Hall–Kier alpha value is -2.15. The normalized spacial score (nSPS) is 11.7. The van der Waals surface area contributed by atoms with Crippen molar-refractivity contribution >= 4 is 33.4 Å². The number of carbonyl (C=O) groups excluding carboxylic acids is 2. The zero-order valence-electron chi connectivity index (χ0n) is 14.9. The maximum absolute atomic E-state index is 12.1. The second-order valence-corrected chi connectivity index (χ2v) is 6.54. The van der Waals surface area contributed by atoms with Gasteiger partial charge in [-0.05, 0) is 25.5 Å². The number of methoxy groups -OCH3 is 1. The summed E-state index contributed by atoms with van der Waals surface area (Å²) in [4.78, 5) is 28.7. The van der Waals surface area contributed by atoms with Crippen molar-refractivity contribution in [2.45, 2.75) is 46.1 Å². The highest BCUT2D eigenvalue weighted by atomic mass is 32.1. The molecule has 0 atom stereocenters. The van der Waals surface area contributed by atoms with E-state index in [2.05, 4.69) is 4.99 Å². The van der Waals surface area contributed by atoms with Crippen LogP contribution in [0.1, 0.15) is 39.5 Å². The highest BCUT2D eigenvalue weighted by molar-refractivity contribution is 7.16. The number of fused-ring (bicyclic) bond motifs is 1. The van der Waals surface area contributed by atoms with Gasteiger partial charge >= 0.3 is 5.97 Å². The van der Waals surface area contributed by atoms with Crippen LogP contribution in [0.2, 0.25) is 0 Å². The van der Waals surface area contributed by atoms with Crippen molar-refractivity contribution in [1.82, 2.24) is 4.57 Å². The summed E-state index contributed by atoms with van der Waals surface area (Å²) in [6, 6.07) is 5.71. The Morgan fingerprint density at radius 3 is 2.72 bits per heavy atom. The van der Waals surface area contributed by atoms with Gasteiger partial charge in [-0.2, -0.15) is 4.99 Å². The maximum atomic E-state index is 12.1. The minimum Gasteiger partial charge on any atom is -0.497 e. The lowest BCUT2D eigenvalue weighted by atomic mass is 10.2. The van der Waals surface area contributed by atoms with Crippen LogP contribution >= 0.6 is 11.3 Å². The summed E-state index contributed by atoms with van der Waals surface area (Å²) in [7, 11) is 1.61. The number of ether oxygens (including phenoxy) is 2. The Labute approximate surface area is 151 Å². The van der Waals surface area contributed by atoms with E-state index in [1.165, 1.54) is 11.3 Å². The van der Waals surface area contributed by atoms with E-state index < -0.39 is 0 Å². The van der Waals surface area contributed by atoms with Gasteiger partial charge < -0.3 is 14.0 Å².